The third-order valence-corrected chi connectivity index (χ3v) is 1.78. The summed E-state index contributed by atoms with van der Waals surface area (Å²) in [6, 6.07) is 8.65. The number of hydrogen-bond donors (Lipinski definition) is 0. The van der Waals surface area contributed by atoms with Crippen LogP contribution >= 0.6 is 0 Å². The van der Waals surface area contributed by atoms with E-state index >= 15 is 0 Å². The number of carbonyl (C=O) groups excluding carboxylic acids is 1. The monoisotopic (exact) mass is 212 g/mol. The van der Waals surface area contributed by atoms with Crippen molar-refractivity contribution in [2.45, 2.75) is 5.25 Å². The second kappa shape index (κ2) is 8.36. The van der Waals surface area contributed by atoms with Gasteiger partial charge in [-0.2, -0.15) is 0 Å². The van der Waals surface area contributed by atoms with Gasteiger partial charge in [0.1, 0.15) is 0 Å². The maximum Gasteiger partial charge on any atom is 1.00 e. The first-order chi connectivity index (χ1) is 5.22. The van der Waals surface area contributed by atoms with E-state index in [9.17, 15) is 9.90 Å². The van der Waals surface area contributed by atoms with Crippen molar-refractivity contribution in [1.82, 2.24) is 0 Å². The van der Waals surface area contributed by atoms with Gasteiger partial charge in [-0.3, -0.25) is 0 Å². The molecule has 0 N–H and O–H groups in total. The normalized spacial score (nSPS) is 10.5. The van der Waals surface area contributed by atoms with E-state index in [1.165, 1.54) is 0 Å². The molecule has 0 radical (unpaired) electrons. The Hall–Kier alpha value is 1.04. The third-order valence-electron chi connectivity index (χ3n) is 1.32. The van der Waals surface area contributed by atoms with Gasteiger partial charge in [-0.25, -0.2) is 0 Å². The largest absolute Gasteiger partial charge is 1.00 e. The maximum absolute atomic E-state index is 10.3. The standard InChI is InChI=1S/C8H8O2S.2Na/c9-8(10)7(11)6-4-2-1-3-5-6;;/h1-5,7,11H,(H,9,10);;/q;2*+1/p-2/t7-;;/m1../s1. The summed E-state index contributed by atoms with van der Waals surface area (Å²) in [4.78, 5) is 10.3. The molecule has 0 aromatic heterocycles. The molecular weight excluding hydrogens is 206 g/mol. The molecule has 0 aliphatic carbocycles. The van der Waals surface area contributed by atoms with Gasteiger partial charge in [-0.15, -0.1) is 0 Å². The zero-order valence-electron chi connectivity index (χ0n) is 7.69. The first kappa shape index (κ1) is 16.5. The van der Waals surface area contributed by atoms with Crippen molar-refractivity contribution in [2.24, 2.45) is 0 Å². The average molecular weight is 212 g/mol. The summed E-state index contributed by atoms with van der Waals surface area (Å²) in [5.41, 5.74) is 0.600. The molecule has 13 heavy (non-hydrogen) atoms. The van der Waals surface area contributed by atoms with Crippen molar-refractivity contribution in [3.8, 4) is 0 Å². The van der Waals surface area contributed by atoms with Crippen LogP contribution < -0.4 is 64.2 Å². The van der Waals surface area contributed by atoms with E-state index in [0.29, 0.717) is 5.56 Å². The molecule has 58 valence electrons. The van der Waals surface area contributed by atoms with Gasteiger partial charge in [0.15, 0.2) is 0 Å². The summed E-state index contributed by atoms with van der Waals surface area (Å²) < 4.78 is 0. The molecule has 0 amide bonds. The van der Waals surface area contributed by atoms with Crippen molar-refractivity contribution < 1.29 is 69.0 Å². The molecule has 0 spiro atoms. The molecule has 1 atom stereocenters. The minimum Gasteiger partial charge on any atom is -0.779 e. The van der Waals surface area contributed by atoms with Crippen LogP contribution in [0.2, 0.25) is 0 Å². The summed E-state index contributed by atoms with van der Waals surface area (Å²) in [5, 5.41) is 9.35. The number of aliphatic carboxylic acids is 1. The van der Waals surface area contributed by atoms with Crippen LogP contribution in [0.3, 0.4) is 0 Å². The molecule has 0 saturated carbocycles. The summed E-state index contributed by atoms with van der Waals surface area (Å²) in [6.07, 6.45) is 0. The first-order valence-corrected chi connectivity index (χ1v) is 3.60. The third kappa shape index (κ3) is 5.47. The molecule has 5 heteroatoms. The molecule has 0 aliphatic rings. The van der Waals surface area contributed by atoms with E-state index in [4.69, 9.17) is 0 Å². The van der Waals surface area contributed by atoms with E-state index in [-0.39, 0.29) is 59.1 Å². The van der Waals surface area contributed by atoms with Gasteiger partial charge in [0.05, 0.1) is 0 Å². The van der Waals surface area contributed by atoms with Gasteiger partial charge < -0.3 is 22.5 Å². The van der Waals surface area contributed by atoms with Crippen LogP contribution in [0.4, 0.5) is 0 Å². The molecule has 0 unspecified atom stereocenters. The van der Waals surface area contributed by atoms with Crippen molar-refractivity contribution in [1.29, 1.82) is 0 Å². The van der Waals surface area contributed by atoms with E-state index in [0.717, 1.165) is 0 Å². The van der Waals surface area contributed by atoms with Gasteiger partial charge in [0.25, 0.3) is 0 Å². The zero-order chi connectivity index (χ0) is 8.27. The Morgan fingerprint density at radius 1 is 1.23 bits per heavy atom. The smallest absolute Gasteiger partial charge is 0.779 e. The van der Waals surface area contributed by atoms with Crippen LogP contribution in [-0.2, 0) is 17.4 Å². The second-order valence-electron chi connectivity index (χ2n) is 2.11. The number of carboxylic acids is 1. The van der Waals surface area contributed by atoms with Crippen LogP contribution in [-0.4, -0.2) is 5.97 Å². The number of rotatable bonds is 2. The minimum atomic E-state index is -1.22. The fourth-order valence-electron chi connectivity index (χ4n) is 0.764. The number of hydrogen-bond acceptors (Lipinski definition) is 3. The second-order valence-corrected chi connectivity index (χ2v) is 2.58. The molecule has 1 aromatic rings. The van der Waals surface area contributed by atoms with Crippen LogP contribution in [0.5, 0.6) is 0 Å². The Bertz CT molecular complexity index is 254. The molecular formula is C8H6Na2O2S. The Morgan fingerprint density at radius 2 is 1.69 bits per heavy atom. The maximum atomic E-state index is 10.3. The van der Waals surface area contributed by atoms with Crippen molar-refractivity contribution in [2.75, 3.05) is 0 Å². The number of carbonyl (C=O) groups is 1. The summed E-state index contributed by atoms with van der Waals surface area (Å²) in [5.74, 6) is -1.22. The summed E-state index contributed by atoms with van der Waals surface area (Å²) >= 11 is 4.67. The minimum absolute atomic E-state index is 0. The predicted molar refractivity (Wildman–Crippen MR) is 41.6 cm³/mol. The average Bonchev–Trinajstić information content (AvgIpc) is 2.05. The zero-order valence-corrected chi connectivity index (χ0v) is 12.5. The molecule has 1 rings (SSSR count). The quantitative estimate of drug-likeness (QED) is 0.362. The number of benzene rings is 1. The van der Waals surface area contributed by atoms with Gasteiger partial charge in [-0.1, -0.05) is 41.1 Å². The van der Waals surface area contributed by atoms with Crippen molar-refractivity contribution in [3.05, 3.63) is 35.9 Å². The van der Waals surface area contributed by atoms with Crippen LogP contribution in [0.25, 0.3) is 0 Å². The SMILES string of the molecule is O=C([O-])[C@H]([S-])c1ccccc1.[Na+].[Na+]. The molecule has 0 bridgehead atoms. The van der Waals surface area contributed by atoms with Gasteiger partial charge in [-0.05, 0) is 0 Å². The van der Waals surface area contributed by atoms with Crippen LogP contribution in [0.1, 0.15) is 10.8 Å². The fraction of sp³-hybridized carbons (Fsp3) is 0.125. The van der Waals surface area contributed by atoms with Crippen LogP contribution in [0.15, 0.2) is 30.3 Å². The fourth-order valence-corrected chi connectivity index (χ4v) is 0.921. The predicted octanol–water partition coefficient (Wildman–Crippen LogP) is -5.97. The van der Waals surface area contributed by atoms with Crippen molar-refractivity contribution in [3.63, 3.8) is 0 Å². The van der Waals surface area contributed by atoms with Gasteiger partial charge in [0.2, 0.25) is 0 Å². The molecule has 0 aliphatic heterocycles. The molecule has 2 nitrogen and oxygen atoms in total. The molecule has 0 saturated heterocycles. The topological polar surface area (TPSA) is 40.1 Å². The summed E-state index contributed by atoms with van der Waals surface area (Å²) in [7, 11) is 0. The Labute approximate surface area is 127 Å². The molecule has 0 fully saturated rings. The van der Waals surface area contributed by atoms with E-state index < -0.39 is 11.2 Å². The molecule has 0 heterocycles. The van der Waals surface area contributed by atoms with E-state index in [2.05, 4.69) is 12.6 Å². The van der Waals surface area contributed by atoms with Crippen molar-refractivity contribution >= 4 is 18.6 Å². The first-order valence-electron chi connectivity index (χ1n) is 3.13. The number of carboxylic acid groups (broad SMARTS) is 1. The van der Waals surface area contributed by atoms with E-state index in [1.807, 2.05) is 0 Å². The molecule has 1 aromatic carbocycles. The van der Waals surface area contributed by atoms with Gasteiger partial charge >= 0.3 is 59.1 Å². The Balaban J connectivity index is 0. The van der Waals surface area contributed by atoms with Gasteiger partial charge in [0, 0.05) is 5.97 Å². The van der Waals surface area contributed by atoms with Crippen LogP contribution in [0, 0.1) is 0 Å². The Morgan fingerprint density at radius 3 is 2.08 bits per heavy atom. The Kier molecular flexibility index (Phi) is 10.6. The summed E-state index contributed by atoms with van der Waals surface area (Å²) in [6.45, 7) is 0. The van der Waals surface area contributed by atoms with E-state index in [1.54, 1.807) is 30.3 Å².